The van der Waals surface area contributed by atoms with Gasteiger partial charge in [0.15, 0.2) is 0 Å². The molecule has 0 N–H and O–H groups in total. The molecule has 0 radical (unpaired) electrons. The van der Waals surface area contributed by atoms with E-state index >= 15 is 0 Å². The standard InChI is InChI=1S/C9H13BrF3N3/c10-2-5-15(8-9(11,12)13)6-7-16-4-1-3-14-16/h1,3-4H,2,5-8H2. The Morgan fingerprint density at radius 3 is 2.56 bits per heavy atom. The largest absolute Gasteiger partial charge is 0.401 e. The van der Waals surface area contributed by atoms with Crippen LogP contribution >= 0.6 is 15.9 Å². The van der Waals surface area contributed by atoms with Crippen LogP contribution in [0.5, 0.6) is 0 Å². The van der Waals surface area contributed by atoms with Gasteiger partial charge in [-0.25, -0.2) is 0 Å². The Kier molecular flexibility index (Phi) is 5.27. The van der Waals surface area contributed by atoms with Crippen LogP contribution in [0.4, 0.5) is 13.2 Å². The molecule has 0 atom stereocenters. The highest BCUT2D eigenvalue weighted by atomic mass is 79.9. The minimum Gasteiger partial charge on any atom is -0.292 e. The molecule has 0 aromatic carbocycles. The smallest absolute Gasteiger partial charge is 0.292 e. The summed E-state index contributed by atoms with van der Waals surface area (Å²) in [6.45, 7) is 0.309. The fourth-order valence-corrected chi connectivity index (χ4v) is 1.82. The molecule has 1 aromatic heterocycles. The molecule has 0 saturated heterocycles. The molecule has 92 valence electrons. The van der Waals surface area contributed by atoms with E-state index in [1.807, 2.05) is 0 Å². The van der Waals surface area contributed by atoms with Crippen molar-refractivity contribution in [3.05, 3.63) is 18.5 Å². The Bertz CT molecular complexity index is 287. The van der Waals surface area contributed by atoms with Gasteiger partial charge in [-0.15, -0.1) is 0 Å². The number of aromatic nitrogens is 2. The third-order valence-electron chi connectivity index (χ3n) is 2.01. The van der Waals surface area contributed by atoms with Crippen molar-refractivity contribution >= 4 is 15.9 Å². The third-order valence-corrected chi connectivity index (χ3v) is 2.36. The van der Waals surface area contributed by atoms with Gasteiger partial charge < -0.3 is 0 Å². The molecule has 0 fully saturated rings. The van der Waals surface area contributed by atoms with Crippen LogP contribution in [0.2, 0.25) is 0 Å². The van der Waals surface area contributed by atoms with Gasteiger partial charge >= 0.3 is 6.18 Å². The van der Waals surface area contributed by atoms with Gasteiger partial charge in [0.05, 0.1) is 13.1 Å². The molecule has 0 saturated carbocycles. The Hall–Kier alpha value is -0.560. The van der Waals surface area contributed by atoms with Crippen molar-refractivity contribution in [3.8, 4) is 0 Å². The van der Waals surface area contributed by atoms with Gasteiger partial charge in [-0.2, -0.15) is 18.3 Å². The second-order valence-corrected chi connectivity index (χ2v) is 4.14. The third kappa shape index (κ3) is 5.50. The normalized spacial score (nSPS) is 12.3. The second-order valence-electron chi connectivity index (χ2n) is 3.35. The molecule has 1 aromatic rings. The van der Waals surface area contributed by atoms with Crippen molar-refractivity contribution in [2.75, 3.05) is 25.0 Å². The van der Waals surface area contributed by atoms with Crippen molar-refractivity contribution in [2.24, 2.45) is 0 Å². The summed E-state index contributed by atoms with van der Waals surface area (Å²) in [6.07, 6.45) is -0.801. The molecule has 0 aliphatic rings. The Morgan fingerprint density at radius 2 is 2.06 bits per heavy atom. The molecule has 16 heavy (non-hydrogen) atoms. The van der Waals surface area contributed by atoms with Crippen molar-refractivity contribution in [1.82, 2.24) is 14.7 Å². The van der Waals surface area contributed by atoms with Crippen molar-refractivity contribution in [3.63, 3.8) is 0 Å². The fraction of sp³-hybridized carbons (Fsp3) is 0.667. The minimum atomic E-state index is -4.15. The number of nitrogens with zero attached hydrogens (tertiary/aromatic N) is 3. The zero-order chi connectivity index (χ0) is 12.0. The van der Waals surface area contributed by atoms with E-state index in [2.05, 4.69) is 21.0 Å². The summed E-state index contributed by atoms with van der Waals surface area (Å²) < 4.78 is 38.3. The summed E-state index contributed by atoms with van der Waals surface area (Å²) >= 11 is 3.14. The van der Waals surface area contributed by atoms with Crippen LogP contribution in [-0.4, -0.2) is 45.8 Å². The van der Waals surface area contributed by atoms with Gasteiger partial charge in [-0.05, 0) is 6.07 Å². The molecule has 0 amide bonds. The predicted molar refractivity (Wildman–Crippen MR) is 58.5 cm³/mol. The molecule has 3 nitrogen and oxygen atoms in total. The van der Waals surface area contributed by atoms with Crippen LogP contribution in [0, 0.1) is 0 Å². The lowest BCUT2D eigenvalue weighted by Gasteiger charge is -2.22. The molecular weight excluding hydrogens is 287 g/mol. The topological polar surface area (TPSA) is 21.1 Å². The van der Waals surface area contributed by atoms with Gasteiger partial charge in [0.25, 0.3) is 0 Å². The lowest BCUT2D eigenvalue weighted by Crippen LogP contribution is -2.37. The number of hydrogen-bond acceptors (Lipinski definition) is 2. The van der Waals surface area contributed by atoms with Crippen LogP contribution in [0.25, 0.3) is 0 Å². The lowest BCUT2D eigenvalue weighted by atomic mass is 10.4. The Balaban J connectivity index is 2.39. The van der Waals surface area contributed by atoms with E-state index in [0.717, 1.165) is 0 Å². The van der Waals surface area contributed by atoms with Crippen molar-refractivity contribution in [2.45, 2.75) is 12.7 Å². The van der Waals surface area contributed by atoms with Gasteiger partial charge in [0, 0.05) is 30.8 Å². The Labute approximate surface area is 100 Å². The molecule has 0 spiro atoms. The summed E-state index contributed by atoms with van der Waals surface area (Å²) in [4.78, 5) is 1.36. The molecule has 0 unspecified atom stereocenters. The average Bonchev–Trinajstić information content (AvgIpc) is 2.64. The van der Waals surface area contributed by atoms with Gasteiger partial charge in [-0.3, -0.25) is 9.58 Å². The van der Waals surface area contributed by atoms with E-state index in [-0.39, 0.29) is 0 Å². The summed E-state index contributed by atoms with van der Waals surface area (Å²) in [6, 6.07) is 1.75. The van der Waals surface area contributed by atoms with Gasteiger partial charge in [0.1, 0.15) is 0 Å². The maximum absolute atomic E-state index is 12.2. The van der Waals surface area contributed by atoms with Crippen molar-refractivity contribution < 1.29 is 13.2 Å². The van der Waals surface area contributed by atoms with Crippen LogP contribution in [0.3, 0.4) is 0 Å². The SMILES string of the molecule is FC(F)(F)CN(CCBr)CCn1cccn1. The summed E-state index contributed by atoms with van der Waals surface area (Å²) in [5.74, 6) is 0. The molecule has 7 heteroatoms. The number of alkyl halides is 4. The maximum Gasteiger partial charge on any atom is 0.401 e. The second kappa shape index (κ2) is 6.24. The molecule has 1 rings (SSSR count). The van der Waals surface area contributed by atoms with Crippen LogP contribution < -0.4 is 0 Å². The fourth-order valence-electron chi connectivity index (χ4n) is 1.32. The highest BCUT2D eigenvalue weighted by Gasteiger charge is 2.30. The van der Waals surface area contributed by atoms with Crippen molar-refractivity contribution in [1.29, 1.82) is 0 Å². The molecular formula is C9H13BrF3N3. The van der Waals surface area contributed by atoms with Gasteiger partial charge in [-0.1, -0.05) is 15.9 Å². The van der Waals surface area contributed by atoms with E-state index < -0.39 is 12.7 Å². The molecule has 0 aliphatic carbocycles. The Morgan fingerprint density at radius 1 is 1.31 bits per heavy atom. The monoisotopic (exact) mass is 299 g/mol. The van der Waals surface area contributed by atoms with Crippen LogP contribution in [0.1, 0.15) is 0 Å². The minimum absolute atomic E-state index is 0.340. The van der Waals surface area contributed by atoms with E-state index in [1.165, 1.54) is 4.90 Å². The van der Waals surface area contributed by atoms with E-state index in [9.17, 15) is 13.2 Å². The lowest BCUT2D eigenvalue weighted by molar-refractivity contribution is -0.145. The van der Waals surface area contributed by atoms with E-state index in [0.29, 0.717) is 25.0 Å². The van der Waals surface area contributed by atoms with E-state index in [4.69, 9.17) is 0 Å². The first-order valence-corrected chi connectivity index (χ1v) is 5.96. The average molecular weight is 300 g/mol. The predicted octanol–water partition coefficient (Wildman–Crippen LogP) is 2.14. The first-order valence-electron chi connectivity index (χ1n) is 4.84. The van der Waals surface area contributed by atoms with Gasteiger partial charge in [0.2, 0.25) is 0 Å². The quantitative estimate of drug-likeness (QED) is 0.751. The highest BCUT2D eigenvalue weighted by molar-refractivity contribution is 9.09. The van der Waals surface area contributed by atoms with Crippen LogP contribution in [-0.2, 0) is 6.54 Å². The zero-order valence-corrected chi connectivity index (χ0v) is 10.2. The van der Waals surface area contributed by atoms with Crippen LogP contribution in [0.15, 0.2) is 18.5 Å². The summed E-state index contributed by atoms with van der Waals surface area (Å²) in [5.41, 5.74) is 0. The maximum atomic E-state index is 12.2. The summed E-state index contributed by atoms with van der Waals surface area (Å²) in [5, 5.41) is 4.47. The first kappa shape index (κ1) is 13.5. The summed E-state index contributed by atoms with van der Waals surface area (Å²) in [7, 11) is 0. The molecule has 0 bridgehead atoms. The molecule has 1 heterocycles. The van der Waals surface area contributed by atoms with E-state index in [1.54, 1.807) is 23.1 Å². The molecule has 0 aliphatic heterocycles. The number of halogens is 4. The zero-order valence-electron chi connectivity index (χ0n) is 8.62. The first-order chi connectivity index (χ1) is 7.51. The number of rotatable bonds is 6. The number of hydrogen-bond donors (Lipinski definition) is 0. The highest BCUT2D eigenvalue weighted by Crippen LogP contribution is 2.16.